The standard InChI is InChI=1S/C14H20BrN/c1-10(2)12-5-4-11(8-13(12)15)14(6-7-14)9-16-3/h4-5,8,10,16H,6-7,9H2,1-3H3. The first-order valence-electron chi connectivity index (χ1n) is 6.03. The monoisotopic (exact) mass is 281 g/mol. The molecule has 1 aromatic rings. The largest absolute Gasteiger partial charge is 0.319 e. The fourth-order valence-corrected chi connectivity index (χ4v) is 3.22. The Morgan fingerprint density at radius 2 is 2.06 bits per heavy atom. The summed E-state index contributed by atoms with van der Waals surface area (Å²) in [6.45, 7) is 5.57. The van der Waals surface area contributed by atoms with Crippen LogP contribution in [-0.2, 0) is 5.41 Å². The smallest absolute Gasteiger partial charge is 0.0212 e. The van der Waals surface area contributed by atoms with Gasteiger partial charge in [0.1, 0.15) is 0 Å². The highest BCUT2D eigenvalue weighted by atomic mass is 79.9. The van der Waals surface area contributed by atoms with Crippen LogP contribution in [0.5, 0.6) is 0 Å². The van der Waals surface area contributed by atoms with Crippen molar-refractivity contribution in [2.45, 2.75) is 38.0 Å². The molecule has 88 valence electrons. The zero-order valence-corrected chi connectivity index (χ0v) is 11.9. The van der Waals surface area contributed by atoms with E-state index in [1.54, 1.807) is 0 Å². The SMILES string of the molecule is CNCC1(c2ccc(C(C)C)c(Br)c2)CC1. The lowest BCUT2D eigenvalue weighted by Gasteiger charge is -2.17. The van der Waals surface area contributed by atoms with Crippen molar-refractivity contribution in [3.63, 3.8) is 0 Å². The average molecular weight is 282 g/mol. The predicted octanol–water partition coefficient (Wildman–Crippen LogP) is 3.82. The van der Waals surface area contributed by atoms with Crippen molar-refractivity contribution in [1.82, 2.24) is 5.32 Å². The molecule has 1 aromatic carbocycles. The van der Waals surface area contributed by atoms with Crippen LogP contribution in [0.3, 0.4) is 0 Å². The van der Waals surface area contributed by atoms with Gasteiger partial charge in [0.2, 0.25) is 0 Å². The summed E-state index contributed by atoms with van der Waals surface area (Å²) in [6.07, 6.45) is 2.64. The summed E-state index contributed by atoms with van der Waals surface area (Å²) in [5.74, 6) is 0.586. The molecule has 2 rings (SSSR count). The van der Waals surface area contributed by atoms with E-state index in [1.165, 1.54) is 28.4 Å². The van der Waals surface area contributed by atoms with Gasteiger partial charge in [-0.15, -0.1) is 0 Å². The topological polar surface area (TPSA) is 12.0 Å². The van der Waals surface area contributed by atoms with Crippen molar-refractivity contribution >= 4 is 15.9 Å². The number of benzene rings is 1. The molecule has 1 aliphatic carbocycles. The summed E-state index contributed by atoms with van der Waals surface area (Å²) >= 11 is 3.70. The minimum atomic E-state index is 0.423. The maximum absolute atomic E-state index is 3.70. The zero-order valence-electron chi connectivity index (χ0n) is 10.3. The lowest BCUT2D eigenvalue weighted by molar-refractivity contribution is 0.623. The molecule has 0 radical (unpaired) electrons. The van der Waals surface area contributed by atoms with Gasteiger partial charge in [0.25, 0.3) is 0 Å². The van der Waals surface area contributed by atoms with Crippen molar-refractivity contribution in [1.29, 1.82) is 0 Å². The second-order valence-corrected chi connectivity index (χ2v) is 6.06. The quantitative estimate of drug-likeness (QED) is 0.885. The second-order valence-electron chi connectivity index (χ2n) is 5.20. The van der Waals surface area contributed by atoms with E-state index in [0.717, 1.165) is 6.54 Å². The fourth-order valence-electron chi connectivity index (χ4n) is 2.38. The van der Waals surface area contributed by atoms with Gasteiger partial charge in [-0.2, -0.15) is 0 Å². The molecule has 0 saturated heterocycles. The highest BCUT2D eigenvalue weighted by Gasteiger charge is 2.43. The Labute approximate surface area is 107 Å². The first-order chi connectivity index (χ1) is 7.59. The van der Waals surface area contributed by atoms with Crippen LogP contribution < -0.4 is 5.32 Å². The van der Waals surface area contributed by atoms with E-state index in [0.29, 0.717) is 11.3 Å². The summed E-state index contributed by atoms with van der Waals surface area (Å²) in [5, 5.41) is 3.31. The zero-order chi connectivity index (χ0) is 11.8. The number of likely N-dealkylation sites (N-methyl/N-ethyl adjacent to an activating group) is 1. The Hall–Kier alpha value is -0.340. The molecule has 0 heterocycles. The van der Waals surface area contributed by atoms with Crippen LogP contribution in [0.15, 0.2) is 22.7 Å². The van der Waals surface area contributed by atoms with Crippen LogP contribution in [0.4, 0.5) is 0 Å². The fraction of sp³-hybridized carbons (Fsp3) is 0.571. The second kappa shape index (κ2) is 4.50. The minimum Gasteiger partial charge on any atom is -0.319 e. The van der Waals surface area contributed by atoms with Crippen LogP contribution in [0.1, 0.15) is 43.7 Å². The van der Waals surface area contributed by atoms with Gasteiger partial charge in [-0.25, -0.2) is 0 Å². The van der Waals surface area contributed by atoms with E-state index < -0.39 is 0 Å². The van der Waals surface area contributed by atoms with Crippen LogP contribution in [0.2, 0.25) is 0 Å². The molecule has 0 aliphatic heterocycles. The van der Waals surface area contributed by atoms with Gasteiger partial charge in [-0.05, 0) is 43.0 Å². The highest BCUT2D eigenvalue weighted by Crippen LogP contribution is 2.48. The third-order valence-electron chi connectivity index (χ3n) is 3.60. The van der Waals surface area contributed by atoms with Crippen LogP contribution in [-0.4, -0.2) is 13.6 Å². The van der Waals surface area contributed by atoms with Crippen LogP contribution >= 0.6 is 15.9 Å². The normalized spacial score (nSPS) is 17.8. The molecule has 0 spiro atoms. The molecule has 1 nitrogen and oxygen atoms in total. The Morgan fingerprint density at radius 1 is 1.38 bits per heavy atom. The summed E-state index contributed by atoms with van der Waals surface area (Å²) in [5.41, 5.74) is 3.31. The number of rotatable bonds is 4. The highest BCUT2D eigenvalue weighted by molar-refractivity contribution is 9.10. The third kappa shape index (κ3) is 2.18. The number of nitrogens with one attached hydrogen (secondary N) is 1. The van der Waals surface area contributed by atoms with Gasteiger partial charge in [-0.3, -0.25) is 0 Å². The Kier molecular flexibility index (Phi) is 3.41. The molecular weight excluding hydrogens is 262 g/mol. The first-order valence-corrected chi connectivity index (χ1v) is 6.83. The van der Waals surface area contributed by atoms with Gasteiger partial charge in [0.05, 0.1) is 0 Å². The van der Waals surface area contributed by atoms with E-state index in [-0.39, 0.29) is 0 Å². The van der Waals surface area contributed by atoms with E-state index in [9.17, 15) is 0 Å². The lowest BCUT2D eigenvalue weighted by atomic mass is 9.93. The maximum atomic E-state index is 3.70. The Balaban J connectivity index is 2.28. The molecule has 0 unspecified atom stereocenters. The van der Waals surface area contributed by atoms with Gasteiger partial charge in [0, 0.05) is 16.4 Å². The van der Waals surface area contributed by atoms with Crippen molar-refractivity contribution in [2.24, 2.45) is 0 Å². The van der Waals surface area contributed by atoms with E-state index in [4.69, 9.17) is 0 Å². The van der Waals surface area contributed by atoms with Crippen molar-refractivity contribution < 1.29 is 0 Å². The van der Waals surface area contributed by atoms with Crippen molar-refractivity contribution in [3.05, 3.63) is 33.8 Å². The minimum absolute atomic E-state index is 0.423. The molecule has 0 bridgehead atoms. The Morgan fingerprint density at radius 3 is 2.50 bits per heavy atom. The molecule has 1 fully saturated rings. The van der Waals surface area contributed by atoms with E-state index >= 15 is 0 Å². The summed E-state index contributed by atoms with van der Waals surface area (Å²) in [6, 6.07) is 6.91. The predicted molar refractivity (Wildman–Crippen MR) is 73.1 cm³/mol. The van der Waals surface area contributed by atoms with E-state index in [1.807, 2.05) is 7.05 Å². The average Bonchev–Trinajstić information content (AvgIpc) is 2.99. The van der Waals surface area contributed by atoms with Crippen LogP contribution in [0.25, 0.3) is 0 Å². The molecule has 2 heteroatoms. The summed E-state index contributed by atoms with van der Waals surface area (Å²) in [4.78, 5) is 0. The molecule has 0 aromatic heterocycles. The van der Waals surface area contributed by atoms with Gasteiger partial charge in [0.15, 0.2) is 0 Å². The molecule has 1 aliphatic rings. The molecule has 1 saturated carbocycles. The summed E-state index contributed by atoms with van der Waals surface area (Å²) < 4.78 is 1.27. The third-order valence-corrected chi connectivity index (χ3v) is 4.29. The number of hydrogen-bond donors (Lipinski definition) is 1. The summed E-state index contributed by atoms with van der Waals surface area (Å²) in [7, 11) is 2.04. The number of halogens is 1. The molecule has 0 atom stereocenters. The first kappa shape index (κ1) is 12.1. The van der Waals surface area contributed by atoms with Gasteiger partial charge in [-0.1, -0.05) is 41.9 Å². The van der Waals surface area contributed by atoms with E-state index in [2.05, 4.69) is 53.3 Å². The molecule has 1 N–H and O–H groups in total. The lowest BCUT2D eigenvalue weighted by Crippen LogP contribution is -2.23. The van der Waals surface area contributed by atoms with Crippen molar-refractivity contribution in [2.75, 3.05) is 13.6 Å². The van der Waals surface area contributed by atoms with Crippen LogP contribution in [0, 0.1) is 0 Å². The maximum Gasteiger partial charge on any atom is 0.0212 e. The van der Waals surface area contributed by atoms with Crippen molar-refractivity contribution in [3.8, 4) is 0 Å². The van der Waals surface area contributed by atoms with Gasteiger partial charge < -0.3 is 5.32 Å². The molecule has 16 heavy (non-hydrogen) atoms. The molecular formula is C14H20BrN. The number of hydrogen-bond acceptors (Lipinski definition) is 1. The Bertz CT molecular complexity index is 380. The molecule has 0 amide bonds. The van der Waals surface area contributed by atoms with Gasteiger partial charge >= 0.3 is 0 Å².